The Kier molecular flexibility index (Phi) is 14.4. The lowest BCUT2D eigenvalue weighted by Crippen LogP contribution is -2.38. The molecule has 0 radical (unpaired) electrons. The van der Waals surface area contributed by atoms with Crippen LogP contribution < -0.4 is 21.7 Å². The van der Waals surface area contributed by atoms with Gasteiger partial charge in [0.1, 0.15) is 6.61 Å². The largest absolute Gasteiger partial charge is 0.445 e. The fourth-order valence-corrected chi connectivity index (χ4v) is 4.81. The van der Waals surface area contributed by atoms with E-state index in [0.29, 0.717) is 6.42 Å². The highest BCUT2D eigenvalue weighted by molar-refractivity contribution is 5.79. The lowest BCUT2D eigenvalue weighted by Gasteiger charge is -2.15. The fourth-order valence-electron chi connectivity index (χ4n) is 4.81. The van der Waals surface area contributed by atoms with E-state index in [2.05, 4.69) is 38.1 Å². The summed E-state index contributed by atoms with van der Waals surface area (Å²) in [5, 5.41) is 9.15. The molecular weight excluding hydrogens is 596 g/mol. The Morgan fingerprint density at radius 2 is 1.06 bits per heavy atom. The van der Waals surface area contributed by atoms with Gasteiger partial charge in [-0.1, -0.05) is 115 Å². The number of alkyl carbamates (subject to hydrolysis) is 1. The first kappa shape index (κ1) is 35.1. The van der Waals surface area contributed by atoms with Crippen molar-refractivity contribution in [2.75, 3.05) is 24.7 Å². The zero-order chi connectivity index (χ0) is 33.8. The van der Waals surface area contributed by atoms with Crippen molar-refractivity contribution in [1.82, 2.24) is 5.32 Å². The highest BCUT2D eigenvalue weighted by atomic mass is 16.5. The van der Waals surface area contributed by atoms with E-state index in [9.17, 15) is 4.79 Å². The third-order valence-electron chi connectivity index (χ3n) is 7.27. The number of hydrogen-bond donors (Lipinski definition) is 4. The first-order valence-electron chi connectivity index (χ1n) is 16.0. The molecule has 0 bridgehead atoms. The first-order valence-corrected chi connectivity index (χ1v) is 16.0. The summed E-state index contributed by atoms with van der Waals surface area (Å²) in [6, 6.07) is 45.1. The molecule has 8 heteroatoms. The van der Waals surface area contributed by atoms with E-state index in [1.807, 2.05) is 148 Å². The minimum atomic E-state index is -0.469. The minimum absolute atomic E-state index is 0.0766. The molecule has 0 aliphatic carbocycles. The maximum Gasteiger partial charge on any atom is 0.407 e. The number of anilines is 2. The van der Waals surface area contributed by atoms with E-state index in [-0.39, 0.29) is 18.7 Å². The number of nitrogens with two attached hydrogens (primary N) is 1. The van der Waals surface area contributed by atoms with Gasteiger partial charge >= 0.3 is 6.09 Å². The number of amides is 1. The van der Waals surface area contributed by atoms with Crippen LogP contribution in [0.25, 0.3) is 0 Å². The molecule has 0 spiro atoms. The number of nitrogens with one attached hydrogen (secondary N) is 3. The Morgan fingerprint density at radius 3 is 1.58 bits per heavy atom. The van der Waals surface area contributed by atoms with Crippen LogP contribution in [-0.4, -0.2) is 44.7 Å². The Labute approximate surface area is 283 Å². The van der Waals surface area contributed by atoms with Gasteiger partial charge in [0.15, 0.2) is 0 Å². The van der Waals surface area contributed by atoms with Gasteiger partial charge < -0.3 is 26.4 Å². The number of carbonyl (C=O) groups is 1. The van der Waals surface area contributed by atoms with E-state index in [1.54, 1.807) is 6.21 Å². The van der Waals surface area contributed by atoms with E-state index >= 15 is 0 Å². The van der Waals surface area contributed by atoms with Crippen LogP contribution in [0.15, 0.2) is 150 Å². The molecule has 0 fully saturated rings. The fraction of sp³-hybridized carbons (Fsp3) is 0.175. The monoisotopic (exact) mass is 640 g/mol. The highest BCUT2D eigenvalue weighted by Crippen LogP contribution is 2.24. The zero-order valence-corrected chi connectivity index (χ0v) is 27.5. The Bertz CT molecular complexity index is 1710. The number of para-hydroxylation sites is 4. The van der Waals surface area contributed by atoms with E-state index in [0.717, 1.165) is 40.3 Å². The van der Waals surface area contributed by atoms with E-state index in [4.69, 9.17) is 10.5 Å². The smallest absolute Gasteiger partial charge is 0.407 e. The van der Waals surface area contributed by atoms with Gasteiger partial charge in [0.25, 0.3) is 0 Å². The van der Waals surface area contributed by atoms with Gasteiger partial charge in [-0.05, 0) is 53.8 Å². The third-order valence-corrected chi connectivity index (χ3v) is 7.27. The topological polar surface area (TPSA) is 113 Å². The van der Waals surface area contributed by atoms with Gasteiger partial charge in [0.05, 0.1) is 28.8 Å². The van der Waals surface area contributed by atoms with Gasteiger partial charge in [-0.2, -0.15) is 0 Å². The van der Waals surface area contributed by atoms with Crippen molar-refractivity contribution < 1.29 is 9.53 Å². The number of carbonyl (C=O) groups excluding carboxylic acids is 1. The first-order chi connectivity index (χ1) is 23.5. The molecule has 0 saturated carbocycles. The summed E-state index contributed by atoms with van der Waals surface area (Å²) < 4.78 is 5.37. The van der Waals surface area contributed by atoms with E-state index < -0.39 is 6.09 Å². The van der Waals surface area contributed by atoms with Crippen molar-refractivity contribution >= 4 is 41.3 Å². The Morgan fingerprint density at radius 1 is 0.625 bits per heavy atom. The second kappa shape index (κ2) is 19.7. The predicted octanol–water partition coefficient (Wildman–Crippen LogP) is 7.97. The maximum atomic E-state index is 12.3. The molecule has 1 amide bonds. The molecule has 5 rings (SSSR count). The van der Waals surface area contributed by atoms with Crippen LogP contribution in [0, 0.1) is 0 Å². The van der Waals surface area contributed by atoms with E-state index in [1.165, 1.54) is 5.56 Å². The molecule has 5 aromatic carbocycles. The number of benzene rings is 5. The van der Waals surface area contributed by atoms with Crippen LogP contribution in [0.2, 0.25) is 0 Å². The van der Waals surface area contributed by atoms with Gasteiger partial charge in [-0.15, -0.1) is 0 Å². The number of rotatable bonds is 13. The summed E-state index contributed by atoms with van der Waals surface area (Å²) >= 11 is 0. The minimum Gasteiger partial charge on any atom is -0.445 e. The number of ether oxygens (including phenoxy) is 1. The van der Waals surface area contributed by atoms with Crippen molar-refractivity contribution in [3.8, 4) is 0 Å². The second-order valence-corrected chi connectivity index (χ2v) is 10.9. The summed E-state index contributed by atoms with van der Waals surface area (Å²) in [5.74, 6) is 0. The zero-order valence-electron chi connectivity index (χ0n) is 27.5. The quantitative estimate of drug-likeness (QED) is 0.0976. The van der Waals surface area contributed by atoms with Gasteiger partial charge in [-0.25, -0.2) is 4.79 Å². The van der Waals surface area contributed by atoms with Crippen molar-refractivity contribution in [2.45, 2.75) is 31.5 Å². The van der Waals surface area contributed by atoms with Crippen LogP contribution in [0.3, 0.4) is 0 Å². The van der Waals surface area contributed by atoms with Crippen LogP contribution in [0.4, 0.5) is 27.5 Å². The average molecular weight is 641 g/mol. The van der Waals surface area contributed by atoms with Crippen molar-refractivity contribution in [2.24, 2.45) is 15.7 Å². The molecule has 0 aliphatic heterocycles. The Balaban J connectivity index is 0.000000237. The summed E-state index contributed by atoms with van der Waals surface area (Å²) in [6.45, 7) is 0.227. The summed E-state index contributed by atoms with van der Waals surface area (Å²) in [6.07, 6.45) is 4.51. The van der Waals surface area contributed by atoms with Gasteiger partial charge in [0, 0.05) is 32.6 Å². The second-order valence-electron chi connectivity index (χ2n) is 10.9. The lowest BCUT2D eigenvalue weighted by molar-refractivity contribution is 0.138. The Hall–Kier alpha value is -5.73. The molecular formula is C40H44N6O2. The van der Waals surface area contributed by atoms with Crippen LogP contribution in [0.5, 0.6) is 0 Å². The molecule has 8 nitrogen and oxygen atoms in total. The van der Waals surface area contributed by atoms with Crippen molar-refractivity contribution in [3.05, 3.63) is 156 Å². The normalized spacial score (nSPS) is 12.1. The molecule has 246 valence electrons. The number of nitrogens with zero attached hydrogens (tertiary/aromatic N) is 2. The van der Waals surface area contributed by atoms with Crippen molar-refractivity contribution in [3.63, 3.8) is 0 Å². The maximum absolute atomic E-state index is 12.3. The molecule has 5 aromatic rings. The molecule has 5 N–H and O–H groups in total. The molecule has 48 heavy (non-hydrogen) atoms. The summed E-state index contributed by atoms with van der Waals surface area (Å²) in [7, 11) is 3.74. The molecule has 0 aliphatic rings. The average Bonchev–Trinajstić information content (AvgIpc) is 3.14. The number of hydrogen-bond acceptors (Lipinski definition) is 7. The summed E-state index contributed by atoms with van der Waals surface area (Å²) in [4.78, 5) is 21.4. The summed E-state index contributed by atoms with van der Waals surface area (Å²) in [5.41, 5.74) is 13.0. The lowest BCUT2D eigenvalue weighted by atomic mass is 10.1. The van der Waals surface area contributed by atoms with Crippen LogP contribution >= 0.6 is 0 Å². The standard InChI is InChI=1S/C24H25N3O2.C16H19N3/c1-25-22-14-8-9-15-23(22)26-17-21(16-19-10-4-2-5-11-19)27-24(28)29-18-20-12-6-3-7-13-20;1-18-15-9-5-6-10-16(15)19-12-14(17)11-13-7-3-2-4-8-13/h2-15,17,21,25H,16,18H2,1H3,(H,27,28);2-10,12,14,18H,11,17H2,1H3/t21-;14-/m00/s1. The SMILES string of the molecule is CNc1ccccc1N=C[C@@H](N)Cc1ccccc1.CNc1ccccc1N=C[C@H](Cc1ccccc1)NC(=O)OCc1ccccc1. The van der Waals surface area contributed by atoms with Crippen LogP contribution in [0.1, 0.15) is 16.7 Å². The molecule has 0 heterocycles. The predicted molar refractivity (Wildman–Crippen MR) is 200 cm³/mol. The number of aliphatic imine (C=N–C) groups is 2. The molecule has 0 unspecified atom stereocenters. The molecule has 0 aromatic heterocycles. The van der Waals surface area contributed by atoms with Crippen LogP contribution in [-0.2, 0) is 24.2 Å². The molecule has 2 atom stereocenters. The third kappa shape index (κ3) is 12.2. The van der Waals surface area contributed by atoms with Gasteiger partial charge in [0.2, 0.25) is 0 Å². The molecule has 0 saturated heterocycles. The highest BCUT2D eigenvalue weighted by Gasteiger charge is 2.13. The van der Waals surface area contributed by atoms with Gasteiger partial charge in [-0.3, -0.25) is 9.98 Å². The van der Waals surface area contributed by atoms with Crippen molar-refractivity contribution in [1.29, 1.82) is 0 Å².